The highest BCUT2D eigenvalue weighted by Gasteiger charge is 2.37. The van der Waals surface area contributed by atoms with Gasteiger partial charge in [-0.05, 0) is 24.6 Å². The summed E-state index contributed by atoms with van der Waals surface area (Å²) in [6.07, 6.45) is -0.749. The quantitative estimate of drug-likeness (QED) is 0.467. The largest absolute Gasteiger partial charge is 0.673 e. The monoisotopic (exact) mass is 391 g/mol. The van der Waals surface area contributed by atoms with Crippen LogP contribution in [0.5, 0.6) is 0 Å². The zero-order chi connectivity index (χ0) is 20.0. The van der Waals surface area contributed by atoms with Crippen LogP contribution in [0.4, 0.5) is 17.3 Å². The molecule has 0 saturated carbocycles. The number of hydrogen-bond acceptors (Lipinski definition) is 2. The third-order valence-electron chi connectivity index (χ3n) is 3.55. The number of halogens is 4. The van der Waals surface area contributed by atoms with Gasteiger partial charge in [0.2, 0.25) is 0 Å². The lowest BCUT2D eigenvalue weighted by atomic mass is 10.1. The predicted molar refractivity (Wildman–Crippen MR) is 97.6 cm³/mol. The summed E-state index contributed by atoms with van der Waals surface area (Å²) < 4.78 is 54.0. The molecular weight excluding hydrogens is 369 g/mol. The predicted octanol–water partition coefficient (Wildman–Crippen LogP) is 4.36. The molecule has 0 aromatic heterocycles. The van der Waals surface area contributed by atoms with Crippen molar-refractivity contribution in [3.05, 3.63) is 65.7 Å². The maximum absolute atomic E-state index is 13.3. The molecule has 2 rings (SSSR count). The van der Waals surface area contributed by atoms with Crippen molar-refractivity contribution in [3.8, 4) is 0 Å². The van der Waals surface area contributed by atoms with Gasteiger partial charge in [0.15, 0.2) is 20.8 Å². The molecule has 0 radical (unpaired) electrons. The molecule has 2 aromatic rings. The summed E-state index contributed by atoms with van der Waals surface area (Å²) in [5.74, 6) is 0.188. The van der Waals surface area contributed by atoms with Gasteiger partial charge in [-0.15, -0.1) is 4.31 Å². The molecule has 1 N–H and O–H groups in total. The zero-order valence-electron chi connectivity index (χ0n) is 14.8. The fourth-order valence-electron chi connectivity index (χ4n) is 2.19. The average Bonchev–Trinajstić information content (AvgIpc) is 2.54. The van der Waals surface area contributed by atoms with Crippen LogP contribution in [-0.4, -0.2) is 36.5 Å². The molecular formula is C17H22BF4NO2S. The number of rotatable bonds is 5. The maximum atomic E-state index is 13.3. The van der Waals surface area contributed by atoms with E-state index >= 15 is 0 Å². The molecule has 9 heteroatoms. The molecule has 144 valence electrons. The molecule has 0 amide bonds. The Kier molecular flexibility index (Phi) is 7.99. The second kappa shape index (κ2) is 9.29. The van der Waals surface area contributed by atoms with Gasteiger partial charge in [0.1, 0.15) is 6.10 Å². The first kappa shape index (κ1) is 22.3. The number of nitrogens with zero attached hydrogens (tertiary/aromatic N) is 1. The van der Waals surface area contributed by atoms with E-state index in [4.69, 9.17) is 0 Å². The van der Waals surface area contributed by atoms with Crippen molar-refractivity contribution in [2.24, 2.45) is 0 Å². The van der Waals surface area contributed by atoms with E-state index in [-0.39, 0.29) is 5.75 Å². The first-order valence-corrected chi connectivity index (χ1v) is 9.48. The molecule has 2 aromatic carbocycles. The molecule has 0 spiro atoms. The first-order chi connectivity index (χ1) is 11.9. The molecule has 2 unspecified atom stereocenters. The Balaban J connectivity index is 0.000000597. The van der Waals surface area contributed by atoms with Crippen LogP contribution in [-0.2, 0) is 14.3 Å². The average molecular weight is 391 g/mol. The van der Waals surface area contributed by atoms with E-state index in [0.29, 0.717) is 0 Å². The van der Waals surface area contributed by atoms with Crippen molar-refractivity contribution in [3.63, 3.8) is 0 Å². The third-order valence-corrected chi connectivity index (χ3v) is 6.50. The highest BCUT2D eigenvalue weighted by Crippen LogP contribution is 2.27. The normalized spacial score (nSPS) is 15.0. The van der Waals surface area contributed by atoms with Crippen LogP contribution in [0.2, 0.25) is 0 Å². The van der Waals surface area contributed by atoms with Gasteiger partial charge in [-0.2, -0.15) is 0 Å². The van der Waals surface area contributed by atoms with Gasteiger partial charge >= 0.3 is 7.25 Å². The molecule has 0 heterocycles. The highest BCUT2D eigenvalue weighted by molar-refractivity contribution is 8.00. The fraction of sp³-hybridized carbons (Fsp3) is 0.294. The minimum atomic E-state index is -6.00. The maximum Gasteiger partial charge on any atom is 0.673 e. The Bertz CT molecular complexity index is 718. The van der Waals surface area contributed by atoms with E-state index in [9.17, 15) is 26.6 Å². The topological polar surface area (TPSA) is 40.5 Å². The van der Waals surface area contributed by atoms with Gasteiger partial charge in [0.25, 0.3) is 0 Å². The molecule has 0 fully saturated rings. The summed E-state index contributed by atoms with van der Waals surface area (Å²) in [5, 5.41) is 10.5. The number of aliphatic hydroxyl groups excluding tert-OH is 1. The van der Waals surface area contributed by atoms with Crippen LogP contribution >= 0.6 is 0 Å². The second-order valence-corrected chi connectivity index (χ2v) is 8.67. The molecule has 0 bridgehead atoms. The Hall–Kier alpha value is -1.71. The molecule has 0 aliphatic rings. The fourth-order valence-corrected chi connectivity index (χ4v) is 4.30. The molecule has 0 aliphatic heterocycles. The Morgan fingerprint density at radius 2 is 1.46 bits per heavy atom. The number of aryl methyl sites for hydroxylation is 1. The summed E-state index contributed by atoms with van der Waals surface area (Å²) in [6.45, 7) is 2.00. The smallest absolute Gasteiger partial charge is 0.418 e. The van der Waals surface area contributed by atoms with E-state index in [1.807, 2.05) is 61.5 Å². The van der Waals surface area contributed by atoms with Gasteiger partial charge in [0.05, 0.1) is 0 Å². The molecule has 3 nitrogen and oxygen atoms in total. The summed E-state index contributed by atoms with van der Waals surface area (Å²) in [6, 6.07) is 17.0. The van der Waals surface area contributed by atoms with E-state index in [2.05, 4.69) is 0 Å². The molecule has 0 aliphatic carbocycles. The van der Waals surface area contributed by atoms with Gasteiger partial charge < -0.3 is 22.4 Å². The lowest BCUT2D eigenvalue weighted by molar-refractivity contribution is 0.200. The first-order valence-electron chi connectivity index (χ1n) is 7.80. The van der Waals surface area contributed by atoms with Crippen molar-refractivity contribution in [2.45, 2.75) is 17.9 Å². The summed E-state index contributed by atoms with van der Waals surface area (Å²) in [4.78, 5) is 0.751. The minimum absolute atomic E-state index is 0.188. The van der Waals surface area contributed by atoms with Gasteiger partial charge in [-0.3, -0.25) is 0 Å². The lowest BCUT2D eigenvalue weighted by Crippen LogP contribution is -2.35. The van der Waals surface area contributed by atoms with Crippen LogP contribution in [0.15, 0.2) is 59.5 Å². The number of aliphatic hydroxyl groups is 1. The lowest BCUT2D eigenvalue weighted by Gasteiger charge is -2.20. The van der Waals surface area contributed by atoms with Crippen molar-refractivity contribution in [2.75, 3.05) is 19.8 Å². The molecule has 2 atom stereocenters. The Labute approximate surface area is 152 Å². The van der Waals surface area contributed by atoms with E-state index < -0.39 is 23.5 Å². The van der Waals surface area contributed by atoms with Crippen molar-refractivity contribution >= 4 is 17.4 Å². The minimum Gasteiger partial charge on any atom is -0.418 e. The third kappa shape index (κ3) is 7.27. The summed E-state index contributed by atoms with van der Waals surface area (Å²) in [7, 11) is -4.88. The number of benzene rings is 2. The van der Waals surface area contributed by atoms with E-state index in [0.717, 1.165) is 16.0 Å². The standard InChI is InChI=1S/C17H22NO2S.BF4/c1-14-9-11-15(12-10-14)17(19)13-21(20,18(2)3)16-7-5-4-6-8-16;2-1(3,4)5/h4-12,17,19H,13H2,1-3H3;/q+1;-1. The van der Waals surface area contributed by atoms with Crippen molar-refractivity contribution < 1.29 is 26.6 Å². The van der Waals surface area contributed by atoms with Crippen LogP contribution in [0.1, 0.15) is 17.2 Å². The Morgan fingerprint density at radius 3 is 1.88 bits per heavy atom. The van der Waals surface area contributed by atoms with E-state index in [1.165, 1.54) is 0 Å². The van der Waals surface area contributed by atoms with Crippen LogP contribution in [0.3, 0.4) is 0 Å². The second-order valence-electron chi connectivity index (χ2n) is 5.85. The van der Waals surface area contributed by atoms with E-state index in [1.54, 1.807) is 18.4 Å². The van der Waals surface area contributed by atoms with Gasteiger partial charge in [-0.1, -0.05) is 52.2 Å². The molecule has 26 heavy (non-hydrogen) atoms. The zero-order valence-corrected chi connectivity index (χ0v) is 15.6. The van der Waals surface area contributed by atoms with Crippen molar-refractivity contribution in [1.82, 2.24) is 4.31 Å². The van der Waals surface area contributed by atoms with Gasteiger partial charge in [0, 0.05) is 14.1 Å². The SMILES string of the molecule is Cc1ccc(C(O)C[S+](=O)(c2ccccc2)N(C)C)cc1.F[B-](F)(F)F. The van der Waals surface area contributed by atoms with Crippen LogP contribution in [0.25, 0.3) is 0 Å². The van der Waals surface area contributed by atoms with Crippen LogP contribution < -0.4 is 0 Å². The summed E-state index contributed by atoms with van der Waals surface area (Å²) >= 11 is 0. The number of hydrogen-bond donors (Lipinski definition) is 1. The van der Waals surface area contributed by atoms with Gasteiger partial charge in [-0.25, -0.2) is 0 Å². The van der Waals surface area contributed by atoms with Crippen molar-refractivity contribution in [1.29, 1.82) is 0 Å². The Morgan fingerprint density at radius 1 is 1.00 bits per heavy atom. The molecule has 0 saturated heterocycles. The van der Waals surface area contributed by atoms with Crippen LogP contribution in [0, 0.1) is 6.92 Å². The highest BCUT2D eigenvalue weighted by atomic mass is 32.3. The summed E-state index contributed by atoms with van der Waals surface area (Å²) in [5.41, 5.74) is 1.94.